The highest BCUT2D eigenvalue weighted by Crippen LogP contribution is 2.31. The Morgan fingerprint density at radius 3 is 2.40 bits per heavy atom. The predicted molar refractivity (Wildman–Crippen MR) is 79.8 cm³/mol. The molecule has 20 heavy (non-hydrogen) atoms. The summed E-state index contributed by atoms with van der Waals surface area (Å²) in [4.78, 5) is 21.6. The summed E-state index contributed by atoms with van der Waals surface area (Å²) in [6.45, 7) is 3.79. The van der Waals surface area contributed by atoms with Gasteiger partial charge in [0.2, 0.25) is 0 Å². The van der Waals surface area contributed by atoms with E-state index in [4.69, 9.17) is 10.2 Å². The summed E-state index contributed by atoms with van der Waals surface area (Å²) in [6.07, 6.45) is 1.82. The fourth-order valence-electron chi connectivity index (χ4n) is 1.80. The Labute approximate surface area is 122 Å². The van der Waals surface area contributed by atoms with E-state index in [1.807, 2.05) is 36.4 Å². The minimum atomic E-state index is -1.08. The van der Waals surface area contributed by atoms with Crippen molar-refractivity contribution in [2.75, 3.05) is 5.75 Å². The molecule has 1 rings (SSSR count). The molecule has 1 aromatic rings. The number of aliphatic carboxylic acids is 2. The largest absolute Gasteiger partial charge is 0.481 e. The zero-order valence-electron chi connectivity index (χ0n) is 11.1. The summed E-state index contributed by atoms with van der Waals surface area (Å²) in [5, 5.41) is 17.7. The van der Waals surface area contributed by atoms with Crippen molar-refractivity contribution in [3.63, 3.8) is 0 Å². The Kier molecular flexibility index (Phi) is 6.87. The van der Waals surface area contributed by atoms with Crippen LogP contribution < -0.4 is 0 Å². The molecule has 2 N–H and O–H groups in total. The molecule has 0 fully saturated rings. The van der Waals surface area contributed by atoms with E-state index >= 15 is 0 Å². The van der Waals surface area contributed by atoms with E-state index in [-0.39, 0.29) is 11.7 Å². The van der Waals surface area contributed by atoms with E-state index in [1.54, 1.807) is 11.8 Å². The monoisotopic (exact) mass is 294 g/mol. The lowest BCUT2D eigenvalue weighted by Crippen LogP contribution is -2.18. The summed E-state index contributed by atoms with van der Waals surface area (Å²) in [7, 11) is 0. The van der Waals surface area contributed by atoms with Crippen LogP contribution in [0.5, 0.6) is 0 Å². The molecule has 0 amide bonds. The van der Waals surface area contributed by atoms with Gasteiger partial charge in [-0.3, -0.25) is 9.59 Å². The molecule has 2 atom stereocenters. The molecule has 0 aliphatic rings. The third-order valence-corrected chi connectivity index (χ3v) is 4.17. The summed E-state index contributed by atoms with van der Waals surface area (Å²) in [6, 6.07) is 9.80. The number of hydrogen-bond donors (Lipinski definition) is 2. The quantitative estimate of drug-likeness (QED) is 0.684. The lowest BCUT2D eigenvalue weighted by atomic mass is 10.0. The van der Waals surface area contributed by atoms with Crippen LogP contribution in [0.25, 0.3) is 0 Å². The zero-order chi connectivity index (χ0) is 15.0. The highest BCUT2D eigenvalue weighted by Gasteiger charge is 2.21. The van der Waals surface area contributed by atoms with Gasteiger partial charge in [-0.1, -0.05) is 36.4 Å². The first-order chi connectivity index (χ1) is 9.54. The van der Waals surface area contributed by atoms with Crippen molar-refractivity contribution < 1.29 is 19.8 Å². The third kappa shape index (κ3) is 5.48. The van der Waals surface area contributed by atoms with Crippen molar-refractivity contribution in [3.05, 3.63) is 48.6 Å². The number of carboxylic acids is 2. The topological polar surface area (TPSA) is 74.6 Å². The van der Waals surface area contributed by atoms with E-state index in [2.05, 4.69) is 6.58 Å². The first kappa shape index (κ1) is 16.3. The second-order valence-corrected chi connectivity index (χ2v) is 5.61. The molecule has 108 valence electrons. The van der Waals surface area contributed by atoms with E-state index in [0.717, 1.165) is 5.56 Å². The smallest absolute Gasteiger partial charge is 0.307 e. The van der Waals surface area contributed by atoms with Crippen LogP contribution in [0.2, 0.25) is 0 Å². The molecule has 5 heteroatoms. The summed E-state index contributed by atoms with van der Waals surface area (Å²) >= 11 is 1.57. The molecule has 4 nitrogen and oxygen atoms in total. The molecule has 1 aromatic carbocycles. The van der Waals surface area contributed by atoms with Crippen LogP contribution in [0.3, 0.4) is 0 Å². The Bertz CT molecular complexity index is 458. The highest BCUT2D eigenvalue weighted by molar-refractivity contribution is 7.99. The third-order valence-electron chi connectivity index (χ3n) is 2.88. The van der Waals surface area contributed by atoms with Crippen LogP contribution in [0.4, 0.5) is 0 Å². The van der Waals surface area contributed by atoms with Crippen molar-refractivity contribution in [2.45, 2.75) is 18.1 Å². The number of rotatable bonds is 9. The van der Waals surface area contributed by atoms with Gasteiger partial charge in [0, 0.05) is 5.25 Å². The highest BCUT2D eigenvalue weighted by atomic mass is 32.2. The minimum Gasteiger partial charge on any atom is -0.481 e. The molecule has 0 radical (unpaired) electrons. The van der Waals surface area contributed by atoms with Crippen molar-refractivity contribution in [3.8, 4) is 0 Å². The first-order valence-electron chi connectivity index (χ1n) is 6.28. The second-order valence-electron chi connectivity index (χ2n) is 4.36. The van der Waals surface area contributed by atoms with Gasteiger partial charge in [0.25, 0.3) is 0 Å². The molecule has 0 aliphatic heterocycles. The second kappa shape index (κ2) is 8.43. The number of hydrogen-bond acceptors (Lipinski definition) is 3. The van der Waals surface area contributed by atoms with Crippen LogP contribution in [0.15, 0.2) is 43.0 Å². The van der Waals surface area contributed by atoms with Gasteiger partial charge in [0.05, 0.1) is 12.3 Å². The van der Waals surface area contributed by atoms with Crippen molar-refractivity contribution in [1.29, 1.82) is 0 Å². The fraction of sp³-hybridized carbons (Fsp3) is 0.333. The van der Waals surface area contributed by atoms with Crippen molar-refractivity contribution in [2.24, 2.45) is 5.92 Å². The summed E-state index contributed by atoms with van der Waals surface area (Å²) in [5.41, 5.74) is 1.11. The average Bonchev–Trinajstić information content (AvgIpc) is 2.42. The Morgan fingerprint density at radius 2 is 1.90 bits per heavy atom. The van der Waals surface area contributed by atoms with Gasteiger partial charge in [-0.05, 0) is 17.7 Å². The lowest BCUT2D eigenvalue weighted by Gasteiger charge is -2.14. The van der Waals surface area contributed by atoms with Gasteiger partial charge in [-0.15, -0.1) is 18.3 Å². The average molecular weight is 294 g/mol. The SMILES string of the molecule is C=CC(SCCC(CC(=O)O)C(=O)O)c1ccccc1. The minimum absolute atomic E-state index is 0.0930. The first-order valence-corrected chi connectivity index (χ1v) is 7.33. The van der Waals surface area contributed by atoms with Crippen molar-refractivity contribution >= 4 is 23.7 Å². The van der Waals surface area contributed by atoms with Crippen LogP contribution in [-0.2, 0) is 9.59 Å². The lowest BCUT2D eigenvalue weighted by molar-refractivity contribution is -0.148. The zero-order valence-corrected chi connectivity index (χ0v) is 11.9. The maximum atomic E-state index is 11.0. The van der Waals surface area contributed by atoms with Gasteiger partial charge in [-0.2, -0.15) is 0 Å². The maximum Gasteiger partial charge on any atom is 0.307 e. The Balaban J connectivity index is 2.50. The molecule has 0 spiro atoms. The molecular formula is C15H18O4S. The van der Waals surface area contributed by atoms with Crippen LogP contribution in [0, 0.1) is 5.92 Å². The molecule has 0 bridgehead atoms. The van der Waals surface area contributed by atoms with Crippen LogP contribution in [-0.4, -0.2) is 27.9 Å². The summed E-state index contributed by atoms with van der Waals surface area (Å²) in [5.74, 6) is -2.38. The van der Waals surface area contributed by atoms with E-state index in [0.29, 0.717) is 12.2 Å². The molecule has 0 aliphatic carbocycles. The van der Waals surface area contributed by atoms with Gasteiger partial charge in [0.1, 0.15) is 0 Å². The Morgan fingerprint density at radius 1 is 1.25 bits per heavy atom. The van der Waals surface area contributed by atoms with Gasteiger partial charge >= 0.3 is 11.9 Å². The van der Waals surface area contributed by atoms with Gasteiger partial charge < -0.3 is 10.2 Å². The molecule has 0 saturated heterocycles. The number of benzene rings is 1. The van der Waals surface area contributed by atoms with Crippen LogP contribution >= 0.6 is 11.8 Å². The van der Waals surface area contributed by atoms with E-state index in [1.165, 1.54) is 0 Å². The van der Waals surface area contributed by atoms with E-state index < -0.39 is 17.9 Å². The normalized spacial score (nSPS) is 13.4. The predicted octanol–water partition coefficient (Wildman–Crippen LogP) is 3.21. The van der Waals surface area contributed by atoms with Crippen LogP contribution in [0.1, 0.15) is 23.7 Å². The Hall–Kier alpha value is -1.75. The number of thioether (sulfide) groups is 1. The molecule has 0 heterocycles. The fourth-order valence-corrected chi connectivity index (χ4v) is 2.96. The summed E-state index contributed by atoms with van der Waals surface area (Å²) < 4.78 is 0. The number of carboxylic acid groups (broad SMARTS) is 2. The molecular weight excluding hydrogens is 276 g/mol. The molecule has 2 unspecified atom stereocenters. The standard InChI is InChI=1S/C15H18O4S/c1-2-13(11-6-4-3-5-7-11)20-9-8-12(15(18)19)10-14(16)17/h2-7,12-13H,1,8-10H2,(H,16,17)(H,18,19). The maximum absolute atomic E-state index is 11.0. The van der Waals surface area contributed by atoms with Crippen molar-refractivity contribution in [1.82, 2.24) is 0 Å². The van der Waals surface area contributed by atoms with Gasteiger partial charge in [0.15, 0.2) is 0 Å². The molecule has 0 aromatic heterocycles. The van der Waals surface area contributed by atoms with E-state index in [9.17, 15) is 9.59 Å². The van der Waals surface area contributed by atoms with Gasteiger partial charge in [-0.25, -0.2) is 0 Å². The molecule has 0 saturated carbocycles. The number of carbonyl (C=O) groups is 2.